The number of methoxy groups -OCH3 is 1. The summed E-state index contributed by atoms with van der Waals surface area (Å²) < 4.78 is 5.06. The van der Waals surface area contributed by atoms with Crippen LogP contribution in [0.2, 0.25) is 0 Å². The smallest absolute Gasteiger partial charge is 0.250 e. The Labute approximate surface area is 126 Å². The van der Waals surface area contributed by atoms with Crippen molar-refractivity contribution in [1.82, 2.24) is 4.98 Å². The number of Topliss-reactive ketones (excluding diaryl/α,β-unsaturated/α-hetero) is 1. The lowest BCUT2D eigenvalue weighted by molar-refractivity contribution is -0.111. The minimum Gasteiger partial charge on any atom is -0.497 e. The Hall–Kier alpha value is -2.47. The zero-order valence-corrected chi connectivity index (χ0v) is 12.4. The van der Waals surface area contributed by atoms with E-state index in [1.54, 1.807) is 18.6 Å². The minimum absolute atomic E-state index is 0.125. The predicted molar refractivity (Wildman–Crippen MR) is 82.8 cm³/mol. The first-order valence-corrected chi connectivity index (χ1v) is 7.06. The number of hydrogen-bond acceptors (Lipinski definition) is 5. The molecule has 0 fully saturated rings. The number of carbonyl (C=O) groups is 2. The van der Waals surface area contributed by atoms with Gasteiger partial charge in [-0.3, -0.25) is 14.9 Å². The van der Waals surface area contributed by atoms with E-state index in [0.29, 0.717) is 10.8 Å². The Morgan fingerprint density at radius 1 is 1.29 bits per heavy atom. The average molecular weight is 302 g/mol. The van der Waals surface area contributed by atoms with Crippen LogP contribution in [0.5, 0.6) is 5.75 Å². The summed E-state index contributed by atoms with van der Waals surface area (Å²) in [6.07, 6.45) is 3.10. The van der Waals surface area contributed by atoms with E-state index >= 15 is 0 Å². The highest BCUT2D eigenvalue weighted by Gasteiger charge is 2.07. The average Bonchev–Trinajstić information content (AvgIpc) is 2.94. The summed E-state index contributed by atoms with van der Waals surface area (Å²) in [4.78, 5) is 26.9. The third-order valence-electron chi connectivity index (χ3n) is 2.64. The molecule has 2 aromatic rings. The molecular formula is C15H14N2O3S. The molecular weight excluding hydrogens is 288 g/mol. The van der Waals surface area contributed by atoms with Gasteiger partial charge in [-0.1, -0.05) is 12.1 Å². The van der Waals surface area contributed by atoms with Crippen LogP contribution in [0, 0.1) is 0 Å². The quantitative estimate of drug-likeness (QED) is 0.681. The highest BCUT2D eigenvalue weighted by Crippen LogP contribution is 2.16. The van der Waals surface area contributed by atoms with E-state index < -0.39 is 0 Å². The molecule has 0 spiro atoms. The first-order valence-electron chi connectivity index (χ1n) is 6.18. The number of rotatable bonds is 5. The largest absolute Gasteiger partial charge is 0.497 e. The van der Waals surface area contributed by atoms with Crippen molar-refractivity contribution in [3.05, 3.63) is 47.0 Å². The van der Waals surface area contributed by atoms with Crippen molar-refractivity contribution in [3.63, 3.8) is 0 Å². The molecule has 0 aliphatic carbocycles. The van der Waals surface area contributed by atoms with Crippen LogP contribution in [0.4, 0.5) is 5.13 Å². The van der Waals surface area contributed by atoms with E-state index in [1.807, 2.05) is 24.3 Å². The lowest BCUT2D eigenvalue weighted by Gasteiger charge is -1.99. The van der Waals surface area contributed by atoms with Crippen LogP contribution in [-0.2, 0) is 4.79 Å². The zero-order valence-electron chi connectivity index (χ0n) is 11.6. The molecule has 0 aliphatic heterocycles. The van der Waals surface area contributed by atoms with E-state index in [0.717, 1.165) is 11.3 Å². The Morgan fingerprint density at radius 2 is 2.00 bits per heavy atom. The molecule has 6 heteroatoms. The molecule has 0 radical (unpaired) electrons. The van der Waals surface area contributed by atoms with Crippen LogP contribution in [0.15, 0.2) is 35.7 Å². The first-order chi connectivity index (χ1) is 10.1. The third-order valence-corrected chi connectivity index (χ3v) is 3.40. The Kier molecular flexibility index (Phi) is 4.84. The van der Waals surface area contributed by atoms with Crippen molar-refractivity contribution in [2.75, 3.05) is 12.4 Å². The van der Waals surface area contributed by atoms with Crippen LogP contribution in [0.3, 0.4) is 0 Å². The second-order valence-electron chi connectivity index (χ2n) is 4.19. The van der Waals surface area contributed by atoms with Crippen LogP contribution in [0.25, 0.3) is 6.08 Å². The number of ether oxygens (including phenoxy) is 1. The number of benzene rings is 1. The normalized spacial score (nSPS) is 10.6. The van der Waals surface area contributed by atoms with Gasteiger partial charge in [0.1, 0.15) is 11.4 Å². The second kappa shape index (κ2) is 6.81. The summed E-state index contributed by atoms with van der Waals surface area (Å²) in [6.45, 7) is 1.43. The maximum Gasteiger partial charge on any atom is 0.250 e. The number of ketones is 1. The van der Waals surface area contributed by atoms with E-state index in [9.17, 15) is 9.59 Å². The number of aromatic nitrogens is 1. The highest BCUT2D eigenvalue weighted by molar-refractivity contribution is 7.14. The molecule has 1 aromatic carbocycles. The predicted octanol–water partition coefficient (Wildman–Crippen LogP) is 3.01. The molecule has 108 valence electrons. The molecule has 21 heavy (non-hydrogen) atoms. The summed E-state index contributed by atoms with van der Waals surface area (Å²) in [6, 6.07) is 7.33. The monoisotopic (exact) mass is 302 g/mol. The number of hydrogen-bond donors (Lipinski definition) is 1. The summed E-state index contributed by atoms with van der Waals surface area (Å²) in [5.41, 5.74) is 1.24. The Morgan fingerprint density at radius 3 is 2.57 bits per heavy atom. The van der Waals surface area contributed by atoms with Gasteiger partial charge in [0.15, 0.2) is 10.9 Å². The number of nitrogens with one attached hydrogen (secondary N) is 1. The fraction of sp³-hybridized carbons (Fsp3) is 0.133. The number of nitrogens with zero attached hydrogens (tertiary/aromatic N) is 1. The summed E-state index contributed by atoms with van der Waals surface area (Å²) in [5, 5.41) is 4.64. The van der Waals surface area contributed by atoms with Gasteiger partial charge in [0, 0.05) is 18.4 Å². The van der Waals surface area contributed by atoms with Gasteiger partial charge in [-0.25, -0.2) is 4.98 Å². The van der Waals surface area contributed by atoms with Crippen molar-refractivity contribution < 1.29 is 14.3 Å². The van der Waals surface area contributed by atoms with E-state index in [2.05, 4.69) is 10.3 Å². The number of carbonyl (C=O) groups excluding carboxylic acids is 2. The molecule has 5 nitrogen and oxygen atoms in total. The molecule has 1 aromatic heterocycles. The van der Waals surface area contributed by atoms with E-state index in [1.165, 1.54) is 24.3 Å². The second-order valence-corrected chi connectivity index (χ2v) is 5.05. The van der Waals surface area contributed by atoms with Gasteiger partial charge in [-0.15, -0.1) is 11.3 Å². The minimum atomic E-state index is -0.296. The number of anilines is 1. The number of amides is 1. The number of thiazole rings is 1. The fourth-order valence-electron chi connectivity index (χ4n) is 1.53. The maximum absolute atomic E-state index is 11.7. The van der Waals surface area contributed by atoms with Crippen LogP contribution in [0.1, 0.15) is 23.0 Å². The summed E-state index contributed by atoms with van der Waals surface area (Å²) in [7, 11) is 1.60. The zero-order chi connectivity index (χ0) is 15.2. The van der Waals surface area contributed by atoms with Crippen molar-refractivity contribution in [2.45, 2.75) is 6.92 Å². The van der Waals surface area contributed by atoms with Crippen molar-refractivity contribution in [1.29, 1.82) is 0 Å². The van der Waals surface area contributed by atoms with Gasteiger partial charge in [-0.05, 0) is 23.8 Å². The Balaban J connectivity index is 1.96. The van der Waals surface area contributed by atoms with Gasteiger partial charge < -0.3 is 4.74 Å². The van der Waals surface area contributed by atoms with Crippen molar-refractivity contribution in [2.24, 2.45) is 0 Å². The van der Waals surface area contributed by atoms with Crippen molar-refractivity contribution in [3.8, 4) is 5.75 Å². The molecule has 0 aliphatic rings. The van der Waals surface area contributed by atoms with Gasteiger partial charge >= 0.3 is 0 Å². The molecule has 2 rings (SSSR count). The van der Waals surface area contributed by atoms with E-state index in [4.69, 9.17) is 4.74 Å². The SMILES string of the molecule is COc1ccc(/C=C/C(=O)Nc2nc(C(C)=O)cs2)cc1. The molecule has 0 saturated heterocycles. The fourth-order valence-corrected chi connectivity index (χ4v) is 2.28. The van der Waals surface area contributed by atoms with E-state index in [-0.39, 0.29) is 11.7 Å². The molecule has 1 N–H and O–H groups in total. The maximum atomic E-state index is 11.7. The summed E-state index contributed by atoms with van der Waals surface area (Å²) in [5.74, 6) is 0.340. The Bertz CT molecular complexity index is 674. The molecule has 0 saturated carbocycles. The molecule has 0 unspecified atom stereocenters. The standard InChI is InChI=1S/C15H14N2O3S/c1-10(18)13-9-21-15(16-13)17-14(19)8-5-11-3-6-12(20-2)7-4-11/h3-9H,1-2H3,(H,16,17,19)/b8-5+. The molecule has 0 bridgehead atoms. The van der Waals surface area contributed by atoms with Crippen LogP contribution in [-0.4, -0.2) is 23.8 Å². The summed E-state index contributed by atoms with van der Waals surface area (Å²) >= 11 is 1.22. The van der Waals surface area contributed by atoms with Crippen molar-refractivity contribution >= 4 is 34.2 Å². The van der Waals surface area contributed by atoms with Gasteiger partial charge in [0.05, 0.1) is 7.11 Å². The third kappa shape index (κ3) is 4.25. The van der Waals surface area contributed by atoms with Gasteiger partial charge in [0.25, 0.3) is 0 Å². The molecule has 1 heterocycles. The first kappa shape index (κ1) is 14.9. The van der Waals surface area contributed by atoms with Gasteiger partial charge in [0.2, 0.25) is 5.91 Å². The van der Waals surface area contributed by atoms with Crippen LogP contribution >= 0.6 is 11.3 Å². The van der Waals surface area contributed by atoms with Crippen LogP contribution < -0.4 is 10.1 Å². The highest BCUT2D eigenvalue weighted by atomic mass is 32.1. The topological polar surface area (TPSA) is 68.3 Å². The lowest BCUT2D eigenvalue weighted by Crippen LogP contribution is -2.07. The van der Waals surface area contributed by atoms with Gasteiger partial charge in [-0.2, -0.15) is 0 Å². The lowest BCUT2D eigenvalue weighted by atomic mass is 10.2. The molecule has 0 atom stereocenters. The molecule has 1 amide bonds.